The summed E-state index contributed by atoms with van der Waals surface area (Å²) in [5.74, 6) is -0.447. The van der Waals surface area contributed by atoms with Crippen molar-refractivity contribution in [1.82, 2.24) is 4.31 Å². The second-order valence-corrected chi connectivity index (χ2v) is 5.22. The molecule has 0 spiro atoms. The Morgan fingerprint density at radius 1 is 1.64 bits per heavy atom. The molecule has 1 atom stereocenters. The van der Waals surface area contributed by atoms with Gasteiger partial charge in [0.25, 0.3) is 0 Å². The van der Waals surface area contributed by atoms with Crippen LogP contribution in [0.25, 0.3) is 0 Å². The summed E-state index contributed by atoms with van der Waals surface area (Å²) < 4.78 is 29.8. The van der Waals surface area contributed by atoms with Crippen LogP contribution in [0.1, 0.15) is 13.3 Å². The molecule has 1 heterocycles. The number of rotatable bonds is 2. The van der Waals surface area contributed by atoms with E-state index in [1.54, 1.807) is 13.0 Å². The van der Waals surface area contributed by atoms with E-state index in [9.17, 15) is 8.42 Å². The van der Waals surface area contributed by atoms with Crippen molar-refractivity contribution >= 4 is 10.0 Å². The lowest BCUT2D eigenvalue weighted by molar-refractivity contribution is 0.126. The molecule has 1 rings (SSSR count). The predicted octanol–water partition coefficient (Wildman–Crippen LogP) is -0.0494. The van der Waals surface area contributed by atoms with Crippen LogP contribution < -0.4 is 0 Å². The Kier molecular flexibility index (Phi) is 3.86. The highest BCUT2D eigenvalue weighted by molar-refractivity contribution is 7.89. The Morgan fingerprint density at radius 2 is 2.36 bits per heavy atom. The summed E-state index contributed by atoms with van der Waals surface area (Å²) >= 11 is 0. The fraction of sp³-hybridized carbons (Fsp3) is 0.875. The maximum atomic E-state index is 11.6. The van der Waals surface area contributed by atoms with Gasteiger partial charge in [-0.3, -0.25) is 0 Å². The van der Waals surface area contributed by atoms with Gasteiger partial charge < -0.3 is 4.74 Å². The molecule has 0 aromatic rings. The number of nitrogens with zero attached hydrogens (tertiary/aromatic N) is 2. The van der Waals surface area contributed by atoms with E-state index in [1.165, 1.54) is 4.31 Å². The Morgan fingerprint density at radius 3 is 3.00 bits per heavy atom. The zero-order valence-corrected chi connectivity index (χ0v) is 8.96. The van der Waals surface area contributed by atoms with E-state index in [2.05, 4.69) is 0 Å². The van der Waals surface area contributed by atoms with Crippen LogP contribution in [0, 0.1) is 11.3 Å². The third-order valence-corrected chi connectivity index (χ3v) is 3.87. The van der Waals surface area contributed by atoms with Gasteiger partial charge in [0, 0.05) is 19.2 Å². The smallest absolute Gasteiger partial charge is 0.227 e. The van der Waals surface area contributed by atoms with Crippen LogP contribution in [-0.2, 0) is 14.8 Å². The molecule has 0 N–H and O–H groups in total. The molecule has 0 amide bonds. The fourth-order valence-electron chi connectivity index (χ4n) is 1.46. The highest BCUT2D eigenvalue weighted by atomic mass is 32.2. The lowest BCUT2D eigenvalue weighted by Crippen LogP contribution is -2.41. The number of sulfonamides is 1. The summed E-state index contributed by atoms with van der Waals surface area (Å²) in [6, 6.07) is 1.51. The van der Waals surface area contributed by atoms with Crippen molar-refractivity contribution < 1.29 is 13.2 Å². The molecule has 0 aromatic heterocycles. The van der Waals surface area contributed by atoms with Gasteiger partial charge in [0.1, 0.15) is 0 Å². The summed E-state index contributed by atoms with van der Waals surface area (Å²) in [7, 11) is -3.41. The number of hydrogen-bond acceptors (Lipinski definition) is 4. The molecule has 5 nitrogen and oxygen atoms in total. The van der Waals surface area contributed by atoms with E-state index < -0.39 is 15.8 Å². The first kappa shape index (κ1) is 11.4. The van der Waals surface area contributed by atoms with E-state index in [1.807, 2.05) is 0 Å². The van der Waals surface area contributed by atoms with Gasteiger partial charge >= 0.3 is 0 Å². The van der Waals surface area contributed by atoms with Crippen molar-refractivity contribution in [2.45, 2.75) is 19.4 Å². The maximum absolute atomic E-state index is 11.6. The van der Waals surface area contributed by atoms with Crippen LogP contribution in [0.4, 0.5) is 0 Å². The van der Waals surface area contributed by atoms with Gasteiger partial charge in [-0.1, -0.05) is 0 Å². The van der Waals surface area contributed by atoms with E-state index in [-0.39, 0.29) is 6.04 Å². The third kappa shape index (κ3) is 2.67. The van der Waals surface area contributed by atoms with Crippen molar-refractivity contribution in [3.8, 4) is 6.07 Å². The molecule has 0 aliphatic carbocycles. The highest BCUT2D eigenvalue weighted by Crippen LogP contribution is 2.12. The summed E-state index contributed by atoms with van der Waals surface area (Å²) in [5.41, 5.74) is 0. The van der Waals surface area contributed by atoms with Crippen molar-refractivity contribution in [3.63, 3.8) is 0 Å². The molecular formula is C8H14N2O3S. The topological polar surface area (TPSA) is 70.4 Å². The van der Waals surface area contributed by atoms with E-state index in [4.69, 9.17) is 10.00 Å². The van der Waals surface area contributed by atoms with Crippen LogP contribution in [0.15, 0.2) is 0 Å². The van der Waals surface area contributed by atoms with Crippen LogP contribution in [-0.4, -0.2) is 44.3 Å². The molecule has 0 aromatic carbocycles. The molecule has 1 saturated heterocycles. The molecule has 0 bridgehead atoms. The lowest BCUT2D eigenvalue weighted by atomic mass is 10.3. The van der Waals surface area contributed by atoms with Crippen molar-refractivity contribution in [2.75, 3.05) is 25.5 Å². The Balaban J connectivity index is 2.78. The number of nitriles is 1. The first-order valence-corrected chi connectivity index (χ1v) is 6.13. The molecular weight excluding hydrogens is 204 g/mol. The molecule has 1 aliphatic rings. The second-order valence-electron chi connectivity index (χ2n) is 3.30. The van der Waals surface area contributed by atoms with Gasteiger partial charge in [0.15, 0.2) is 5.75 Å². The van der Waals surface area contributed by atoms with E-state index >= 15 is 0 Å². The van der Waals surface area contributed by atoms with Crippen LogP contribution in [0.2, 0.25) is 0 Å². The highest BCUT2D eigenvalue weighted by Gasteiger charge is 2.28. The van der Waals surface area contributed by atoms with E-state index in [0.29, 0.717) is 26.2 Å². The zero-order valence-electron chi connectivity index (χ0n) is 8.14. The Bertz CT molecular complexity index is 320. The number of hydrogen-bond donors (Lipinski definition) is 0. The van der Waals surface area contributed by atoms with Gasteiger partial charge in [-0.25, -0.2) is 8.42 Å². The van der Waals surface area contributed by atoms with Crippen LogP contribution in [0.5, 0.6) is 0 Å². The molecule has 0 saturated carbocycles. The largest absolute Gasteiger partial charge is 0.380 e. The third-order valence-electron chi connectivity index (χ3n) is 2.12. The maximum Gasteiger partial charge on any atom is 0.227 e. The molecule has 1 unspecified atom stereocenters. The summed E-state index contributed by atoms with van der Waals surface area (Å²) in [6.07, 6.45) is 0.689. The SMILES string of the molecule is CC1COCCCN1S(=O)(=O)CC#N. The standard InChI is InChI=1S/C8H14N2O3S/c1-8-7-13-5-2-4-10(8)14(11,12)6-3-9/h8H,2,4-7H2,1H3. The minimum atomic E-state index is -3.41. The van der Waals surface area contributed by atoms with Crippen molar-refractivity contribution in [2.24, 2.45) is 0 Å². The monoisotopic (exact) mass is 218 g/mol. The van der Waals surface area contributed by atoms with Crippen LogP contribution >= 0.6 is 0 Å². The summed E-state index contributed by atoms with van der Waals surface area (Å²) in [5, 5.41) is 8.40. The van der Waals surface area contributed by atoms with Gasteiger partial charge in [0.05, 0.1) is 12.7 Å². The number of ether oxygens (including phenoxy) is 1. The Hall–Kier alpha value is -0.640. The average Bonchev–Trinajstić information content (AvgIpc) is 2.29. The molecule has 1 fully saturated rings. The van der Waals surface area contributed by atoms with Gasteiger partial charge in [0.2, 0.25) is 10.0 Å². The molecule has 6 heteroatoms. The Labute approximate surface area is 84.3 Å². The summed E-state index contributed by atoms with van der Waals surface area (Å²) in [4.78, 5) is 0. The van der Waals surface area contributed by atoms with Crippen molar-refractivity contribution in [1.29, 1.82) is 5.26 Å². The minimum Gasteiger partial charge on any atom is -0.380 e. The minimum absolute atomic E-state index is 0.171. The molecule has 14 heavy (non-hydrogen) atoms. The van der Waals surface area contributed by atoms with Gasteiger partial charge in [-0.2, -0.15) is 9.57 Å². The average molecular weight is 218 g/mol. The fourth-order valence-corrected chi connectivity index (χ4v) is 2.80. The lowest BCUT2D eigenvalue weighted by Gasteiger charge is -2.23. The summed E-state index contributed by atoms with van der Waals surface area (Å²) in [6.45, 7) is 3.24. The van der Waals surface area contributed by atoms with Gasteiger partial charge in [-0.15, -0.1) is 0 Å². The van der Waals surface area contributed by atoms with E-state index in [0.717, 1.165) is 0 Å². The van der Waals surface area contributed by atoms with Crippen LogP contribution in [0.3, 0.4) is 0 Å². The first-order chi connectivity index (χ1) is 6.58. The normalized spacial score (nSPS) is 25.3. The van der Waals surface area contributed by atoms with Crippen molar-refractivity contribution in [3.05, 3.63) is 0 Å². The molecule has 80 valence electrons. The zero-order chi connectivity index (χ0) is 10.6. The first-order valence-electron chi connectivity index (χ1n) is 4.52. The second kappa shape index (κ2) is 4.73. The quantitative estimate of drug-likeness (QED) is 0.651. The predicted molar refractivity (Wildman–Crippen MR) is 51.0 cm³/mol. The molecule has 0 radical (unpaired) electrons. The van der Waals surface area contributed by atoms with Gasteiger partial charge in [-0.05, 0) is 13.3 Å². The molecule has 1 aliphatic heterocycles.